The largest absolute Gasteiger partial charge is 0.373 e. The Morgan fingerprint density at radius 3 is 2.65 bits per heavy atom. The number of anilines is 2. The zero-order valence-corrected chi connectivity index (χ0v) is 13.8. The molecule has 1 aliphatic rings. The van der Waals surface area contributed by atoms with Gasteiger partial charge in [0, 0.05) is 30.3 Å². The first-order valence-corrected chi connectivity index (χ1v) is 8.83. The Hall–Kier alpha value is -0.970. The molecule has 0 radical (unpaired) electrons. The lowest BCUT2D eigenvalue weighted by atomic mass is 10.2. The third-order valence-electron chi connectivity index (χ3n) is 3.98. The van der Waals surface area contributed by atoms with Gasteiger partial charge in [-0.1, -0.05) is 13.3 Å². The van der Waals surface area contributed by atoms with E-state index < -0.39 is 0 Å². The number of aryl methyl sites for hydroxylation is 1. The standard InChI is InChI=1S/C15H26N4S/c1-5-7-13-18-14(16-3)10(2)15(19-13)17-11-8-6-9-12(11)20-4/h11-12H,5-9H2,1-4H3,(H2,16,17,18,19). The highest BCUT2D eigenvalue weighted by Gasteiger charge is 2.27. The molecule has 0 amide bonds. The molecule has 1 aliphatic carbocycles. The number of nitrogens with zero attached hydrogens (tertiary/aromatic N) is 2. The molecule has 2 atom stereocenters. The molecule has 2 rings (SSSR count). The molecule has 2 unspecified atom stereocenters. The average molecular weight is 294 g/mol. The minimum absolute atomic E-state index is 0.540. The van der Waals surface area contributed by atoms with Gasteiger partial charge in [0.2, 0.25) is 0 Å². The van der Waals surface area contributed by atoms with Crippen molar-refractivity contribution in [3.8, 4) is 0 Å². The topological polar surface area (TPSA) is 49.8 Å². The summed E-state index contributed by atoms with van der Waals surface area (Å²) >= 11 is 1.97. The van der Waals surface area contributed by atoms with Gasteiger partial charge < -0.3 is 10.6 Å². The number of rotatable bonds is 6. The maximum absolute atomic E-state index is 4.73. The van der Waals surface area contributed by atoms with Crippen LogP contribution in [-0.4, -0.2) is 34.6 Å². The van der Waals surface area contributed by atoms with Crippen molar-refractivity contribution in [3.05, 3.63) is 11.4 Å². The highest BCUT2D eigenvalue weighted by atomic mass is 32.2. The Bertz CT molecular complexity index is 450. The lowest BCUT2D eigenvalue weighted by molar-refractivity contribution is 0.754. The number of nitrogens with one attached hydrogen (secondary N) is 2. The molecule has 2 N–H and O–H groups in total. The summed E-state index contributed by atoms with van der Waals surface area (Å²) in [6.07, 6.45) is 8.08. The van der Waals surface area contributed by atoms with E-state index in [1.165, 1.54) is 19.3 Å². The van der Waals surface area contributed by atoms with Gasteiger partial charge in [0.25, 0.3) is 0 Å². The molecule has 4 nitrogen and oxygen atoms in total. The molecular formula is C15H26N4S. The molecule has 0 aliphatic heterocycles. The van der Waals surface area contributed by atoms with Crippen LogP contribution in [0.3, 0.4) is 0 Å². The fourth-order valence-corrected chi connectivity index (χ4v) is 3.77. The first kappa shape index (κ1) is 15.4. The summed E-state index contributed by atoms with van der Waals surface area (Å²) in [5, 5.41) is 7.57. The molecular weight excluding hydrogens is 268 g/mol. The number of hydrogen-bond acceptors (Lipinski definition) is 5. The first-order chi connectivity index (χ1) is 9.69. The van der Waals surface area contributed by atoms with Gasteiger partial charge in [0.15, 0.2) is 0 Å². The van der Waals surface area contributed by atoms with Gasteiger partial charge >= 0.3 is 0 Å². The lowest BCUT2D eigenvalue weighted by Gasteiger charge is -2.22. The van der Waals surface area contributed by atoms with Crippen LogP contribution in [0.2, 0.25) is 0 Å². The Morgan fingerprint density at radius 2 is 2.00 bits per heavy atom. The van der Waals surface area contributed by atoms with Crippen molar-refractivity contribution in [1.82, 2.24) is 9.97 Å². The normalized spacial score (nSPS) is 22.0. The smallest absolute Gasteiger partial charge is 0.135 e. The Labute approximate surface area is 126 Å². The Balaban J connectivity index is 2.23. The molecule has 0 saturated heterocycles. The number of hydrogen-bond donors (Lipinski definition) is 2. The fourth-order valence-electron chi connectivity index (χ4n) is 2.83. The van der Waals surface area contributed by atoms with Crippen molar-refractivity contribution < 1.29 is 0 Å². The monoisotopic (exact) mass is 294 g/mol. The number of thioether (sulfide) groups is 1. The molecule has 5 heteroatoms. The van der Waals surface area contributed by atoms with Crippen LogP contribution in [0.4, 0.5) is 11.6 Å². The van der Waals surface area contributed by atoms with E-state index in [2.05, 4.69) is 35.7 Å². The van der Waals surface area contributed by atoms with Crippen LogP contribution in [-0.2, 0) is 6.42 Å². The third-order valence-corrected chi connectivity index (χ3v) is 5.15. The quantitative estimate of drug-likeness (QED) is 0.841. The van der Waals surface area contributed by atoms with Crippen LogP contribution in [0.15, 0.2) is 0 Å². The van der Waals surface area contributed by atoms with Crippen molar-refractivity contribution in [2.24, 2.45) is 0 Å². The van der Waals surface area contributed by atoms with Gasteiger partial charge in [0.1, 0.15) is 17.5 Å². The zero-order chi connectivity index (χ0) is 14.5. The van der Waals surface area contributed by atoms with Gasteiger partial charge in [-0.3, -0.25) is 0 Å². The van der Waals surface area contributed by atoms with Crippen molar-refractivity contribution in [2.45, 2.75) is 57.2 Å². The van der Waals surface area contributed by atoms with Crippen LogP contribution >= 0.6 is 11.8 Å². The van der Waals surface area contributed by atoms with Gasteiger partial charge in [-0.05, 0) is 32.4 Å². The maximum Gasteiger partial charge on any atom is 0.135 e. The third kappa shape index (κ3) is 3.37. The molecule has 1 heterocycles. The van der Waals surface area contributed by atoms with Crippen molar-refractivity contribution in [3.63, 3.8) is 0 Å². The van der Waals surface area contributed by atoms with Crippen molar-refractivity contribution in [1.29, 1.82) is 0 Å². The predicted molar refractivity (Wildman–Crippen MR) is 88.9 cm³/mol. The Kier molecular flexibility index (Phi) is 5.52. The van der Waals surface area contributed by atoms with Crippen LogP contribution in [0, 0.1) is 6.92 Å². The minimum atomic E-state index is 0.540. The molecule has 1 saturated carbocycles. The summed E-state index contributed by atoms with van der Waals surface area (Å²) in [7, 11) is 1.93. The SMILES string of the molecule is CCCc1nc(NC)c(C)c(NC2CCCC2SC)n1. The fraction of sp³-hybridized carbons (Fsp3) is 0.733. The molecule has 1 aromatic rings. The van der Waals surface area contributed by atoms with Crippen LogP contribution in [0.25, 0.3) is 0 Å². The molecule has 1 aromatic heterocycles. The van der Waals surface area contributed by atoms with E-state index in [-0.39, 0.29) is 0 Å². The van der Waals surface area contributed by atoms with Gasteiger partial charge in [0.05, 0.1) is 0 Å². The number of aromatic nitrogens is 2. The van der Waals surface area contributed by atoms with Gasteiger partial charge in [-0.25, -0.2) is 9.97 Å². The predicted octanol–water partition coefficient (Wildman–Crippen LogP) is 3.48. The maximum atomic E-state index is 4.73. The molecule has 0 aromatic carbocycles. The van der Waals surface area contributed by atoms with E-state index in [4.69, 9.17) is 4.98 Å². The molecule has 0 bridgehead atoms. The van der Waals surface area contributed by atoms with Gasteiger partial charge in [-0.15, -0.1) is 0 Å². The molecule has 112 valence electrons. The van der Waals surface area contributed by atoms with E-state index in [9.17, 15) is 0 Å². The van der Waals surface area contributed by atoms with Crippen LogP contribution < -0.4 is 10.6 Å². The summed E-state index contributed by atoms with van der Waals surface area (Å²) in [5.41, 5.74) is 1.12. The lowest BCUT2D eigenvalue weighted by Crippen LogP contribution is -2.27. The summed E-state index contributed by atoms with van der Waals surface area (Å²) in [6, 6.07) is 0.540. The summed E-state index contributed by atoms with van der Waals surface area (Å²) < 4.78 is 0. The van der Waals surface area contributed by atoms with E-state index in [0.29, 0.717) is 11.3 Å². The highest BCUT2D eigenvalue weighted by Crippen LogP contribution is 2.32. The molecule has 0 spiro atoms. The highest BCUT2D eigenvalue weighted by molar-refractivity contribution is 7.99. The van der Waals surface area contributed by atoms with Crippen LogP contribution in [0.5, 0.6) is 0 Å². The summed E-state index contributed by atoms with van der Waals surface area (Å²) in [6.45, 7) is 4.25. The first-order valence-electron chi connectivity index (χ1n) is 7.54. The summed E-state index contributed by atoms with van der Waals surface area (Å²) in [5.74, 6) is 2.90. The summed E-state index contributed by atoms with van der Waals surface area (Å²) in [4.78, 5) is 9.32. The van der Waals surface area contributed by atoms with E-state index >= 15 is 0 Å². The minimum Gasteiger partial charge on any atom is -0.373 e. The van der Waals surface area contributed by atoms with E-state index in [1.807, 2.05) is 18.8 Å². The van der Waals surface area contributed by atoms with E-state index in [1.54, 1.807) is 0 Å². The Morgan fingerprint density at radius 1 is 1.25 bits per heavy atom. The van der Waals surface area contributed by atoms with Gasteiger partial charge in [-0.2, -0.15) is 11.8 Å². The molecule has 20 heavy (non-hydrogen) atoms. The zero-order valence-electron chi connectivity index (χ0n) is 13.0. The average Bonchev–Trinajstić information content (AvgIpc) is 2.89. The second-order valence-corrected chi connectivity index (χ2v) is 6.49. The van der Waals surface area contributed by atoms with Crippen molar-refractivity contribution in [2.75, 3.05) is 23.9 Å². The van der Waals surface area contributed by atoms with Crippen LogP contribution in [0.1, 0.15) is 44.0 Å². The molecule has 1 fully saturated rings. The second kappa shape index (κ2) is 7.16. The second-order valence-electron chi connectivity index (χ2n) is 5.42. The van der Waals surface area contributed by atoms with E-state index in [0.717, 1.165) is 35.9 Å². The van der Waals surface area contributed by atoms with Crippen molar-refractivity contribution >= 4 is 23.4 Å².